The molecule has 0 aliphatic rings. The largest absolute Gasteiger partial charge is 0.467 e. The molecule has 0 saturated carbocycles. The van der Waals surface area contributed by atoms with Crippen LogP contribution in [-0.4, -0.2) is 25.0 Å². The van der Waals surface area contributed by atoms with Crippen LogP contribution in [0.1, 0.15) is 30.6 Å². The van der Waals surface area contributed by atoms with Gasteiger partial charge in [0.25, 0.3) is 5.91 Å². The van der Waals surface area contributed by atoms with Crippen LogP contribution in [0.3, 0.4) is 0 Å². The number of nitrogens with two attached hydrogens (primary N) is 1. The van der Waals surface area contributed by atoms with Crippen LogP contribution in [0.25, 0.3) is 10.8 Å². The number of amides is 1. The maximum Gasteiger partial charge on any atom is 0.328 e. The van der Waals surface area contributed by atoms with Gasteiger partial charge in [0.05, 0.1) is 12.7 Å². The summed E-state index contributed by atoms with van der Waals surface area (Å²) in [6, 6.07) is 10.5. The first-order valence-electron chi connectivity index (χ1n) is 7.59. The molecule has 2 aromatic carbocycles. The number of nitrogen functional groups attached to an aromatic ring is 1. The molecule has 2 rings (SSSR count). The van der Waals surface area contributed by atoms with Gasteiger partial charge in [-0.05, 0) is 35.2 Å². The SMILES string of the molecule is COC(=O)[C@@H](CC(C)C)NC(=O)c1cc2ccccc2cc1N. The molecule has 2 aromatic rings. The molecule has 0 radical (unpaired) electrons. The van der Waals surface area contributed by atoms with E-state index in [4.69, 9.17) is 10.5 Å². The van der Waals surface area contributed by atoms with Crippen LogP contribution in [0.2, 0.25) is 0 Å². The number of methoxy groups -OCH3 is 1. The van der Waals surface area contributed by atoms with Crippen molar-refractivity contribution in [1.29, 1.82) is 0 Å². The van der Waals surface area contributed by atoms with Gasteiger partial charge in [0, 0.05) is 5.69 Å². The van der Waals surface area contributed by atoms with Gasteiger partial charge in [0.15, 0.2) is 0 Å². The fourth-order valence-electron chi connectivity index (χ4n) is 2.52. The maximum atomic E-state index is 12.5. The van der Waals surface area contributed by atoms with E-state index in [0.717, 1.165) is 10.8 Å². The summed E-state index contributed by atoms with van der Waals surface area (Å²) in [6.45, 7) is 3.96. The lowest BCUT2D eigenvalue weighted by molar-refractivity contribution is -0.143. The fraction of sp³-hybridized carbons (Fsp3) is 0.333. The van der Waals surface area contributed by atoms with Crippen LogP contribution in [-0.2, 0) is 9.53 Å². The summed E-state index contributed by atoms with van der Waals surface area (Å²) in [5.41, 5.74) is 6.74. The van der Waals surface area contributed by atoms with E-state index in [0.29, 0.717) is 17.7 Å². The van der Waals surface area contributed by atoms with Crippen molar-refractivity contribution in [3.8, 4) is 0 Å². The summed E-state index contributed by atoms with van der Waals surface area (Å²) in [4.78, 5) is 24.4. The van der Waals surface area contributed by atoms with Crippen LogP contribution in [0, 0.1) is 5.92 Å². The quantitative estimate of drug-likeness (QED) is 0.657. The highest BCUT2D eigenvalue weighted by atomic mass is 16.5. The summed E-state index contributed by atoms with van der Waals surface area (Å²) in [5, 5.41) is 4.61. The first kappa shape index (κ1) is 16.8. The van der Waals surface area contributed by atoms with Gasteiger partial charge in [0.1, 0.15) is 6.04 Å². The second-order valence-corrected chi connectivity index (χ2v) is 5.97. The average Bonchev–Trinajstić information content (AvgIpc) is 2.52. The predicted octanol–water partition coefficient (Wildman–Crippen LogP) is 2.74. The van der Waals surface area contributed by atoms with Gasteiger partial charge in [-0.15, -0.1) is 0 Å². The first-order chi connectivity index (χ1) is 10.9. The van der Waals surface area contributed by atoms with Gasteiger partial charge >= 0.3 is 5.97 Å². The molecule has 23 heavy (non-hydrogen) atoms. The molecule has 0 aliphatic heterocycles. The number of ether oxygens (including phenoxy) is 1. The minimum atomic E-state index is -0.682. The second-order valence-electron chi connectivity index (χ2n) is 5.97. The molecule has 0 aromatic heterocycles. The van der Waals surface area contributed by atoms with E-state index in [2.05, 4.69) is 5.32 Å². The Morgan fingerprint density at radius 2 is 1.78 bits per heavy atom. The normalized spacial score (nSPS) is 12.2. The molecule has 122 valence electrons. The molecule has 0 saturated heterocycles. The number of esters is 1. The van der Waals surface area contributed by atoms with Crippen molar-refractivity contribution in [2.24, 2.45) is 5.92 Å². The van der Waals surface area contributed by atoms with Crippen molar-refractivity contribution in [3.63, 3.8) is 0 Å². The summed E-state index contributed by atoms with van der Waals surface area (Å²) in [7, 11) is 1.31. The standard InChI is InChI=1S/C18H22N2O3/c1-11(2)8-16(18(22)23-3)20-17(21)14-9-12-6-4-5-7-13(12)10-15(14)19/h4-7,9-11,16H,8,19H2,1-3H3,(H,20,21)/t16-/m1/s1. The number of anilines is 1. The Balaban J connectivity index is 2.28. The molecular formula is C18H22N2O3. The predicted molar refractivity (Wildman–Crippen MR) is 91.1 cm³/mol. The summed E-state index contributed by atoms with van der Waals surface area (Å²) in [5.74, 6) is -0.580. The van der Waals surface area contributed by atoms with E-state index >= 15 is 0 Å². The Morgan fingerprint density at radius 3 is 2.35 bits per heavy atom. The Hall–Kier alpha value is -2.56. The monoisotopic (exact) mass is 314 g/mol. The molecule has 3 N–H and O–H groups in total. The lowest BCUT2D eigenvalue weighted by Gasteiger charge is -2.19. The molecule has 5 nitrogen and oxygen atoms in total. The fourth-order valence-corrected chi connectivity index (χ4v) is 2.52. The van der Waals surface area contributed by atoms with Crippen LogP contribution in [0.5, 0.6) is 0 Å². The van der Waals surface area contributed by atoms with E-state index in [1.165, 1.54) is 7.11 Å². The number of carbonyl (C=O) groups is 2. The highest BCUT2D eigenvalue weighted by Crippen LogP contribution is 2.22. The lowest BCUT2D eigenvalue weighted by atomic mass is 10.0. The van der Waals surface area contributed by atoms with E-state index < -0.39 is 12.0 Å². The zero-order valence-electron chi connectivity index (χ0n) is 13.6. The van der Waals surface area contributed by atoms with Crippen molar-refractivity contribution in [2.75, 3.05) is 12.8 Å². The summed E-state index contributed by atoms with van der Waals surface area (Å²) in [6.07, 6.45) is 0.506. The molecule has 0 heterocycles. The van der Waals surface area contributed by atoms with Crippen LogP contribution >= 0.6 is 0 Å². The van der Waals surface area contributed by atoms with E-state index in [-0.39, 0.29) is 11.8 Å². The Kier molecular flexibility index (Phi) is 5.21. The van der Waals surface area contributed by atoms with Gasteiger partial charge in [-0.2, -0.15) is 0 Å². The number of carbonyl (C=O) groups excluding carboxylic acids is 2. The van der Waals surface area contributed by atoms with Gasteiger partial charge in [-0.3, -0.25) is 4.79 Å². The summed E-state index contributed by atoms with van der Waals surface area (Å²) < 4.78 is 4.77. The number of benzene rings is 2. The molecule has 0 bridgehead atoms. The minimum absolute atomic E-state index is 0.244. The van der Waals surface area contributed by atoms with E-state index in [1.807, 2.05) is 38.1 Å². The Labute approximate surface area is 135 Å². The smallest absolute Gasteiger partial charge is 0.328 e. The topological polar surface area (TPSA) is 81.4 Å². The van der Waals surface area contributed by atoms with E-state index in [1.54, 1.807) is 12.1 Å². The molecule has 0 aliphatic carbocycles. The molecule has 0 fully saturated rings. The number of nitrogens with one attached hydrogen (secondary N) is 1. The van der Waals surface area contributed by atoms with Crippen molar-refractivity contribution in [3.05, 3.63) is 42.0 Å². The minimum Gasteiger partial charge on any atom is -0.467 e. The van der Waals surface area contributed by atoms with Gasteiger partial charge in [0.2, 0.25) is 0 Å². The molecule has 5 heteroatoms. The Morgan fingerprint density at radius 1 is 1.17 bits per heavy atom. The molecular weight excluding hydrogens is 292 g/mol. The van der Waals surface area contributed by atoms with E-state index in [9.17, 15) is 9.59 Å². The summed E-state index contributed by atoms with van der Waals surface area (Å²) >= 11 is 0. The van der Waals surface area contributed by atoms with Gasteiger partial charge < -0.3 is 15.8 Å². The number of rotatable bonds is 5. The third kappa shape index (κ3) is 4.00. The molecule has 0 unspecified atom stereocenters. The zero-order chi connectivity index (χ0) is 17.0. The maximum absolute atomic E-state index is 12.5. The lowest BCUT2D eigenvalue weighted by Crippen LogP contribution is -2.42. The van der Waals surface area contributed by atoms with Crippen LogP contribution in [0.4, 0.5) is 5.69 Å². The molecule has 1 atom stereocenters. The second kappa shape index (κ2) is 7.13. The number of hydrogen-bond donors (Lipinski definition) is 2. The third-order valence-corrected chi connectivity index (χ3v) is 3.66. The Bertz CT molecular complexity index is 725. The van der Waals surface area contributed by atoms with Crippen LogP contribution in [0.15, 0.2) is 36.4 Å². The highest BCUT2D eigenvalue weighted by Gasteiger charge is 2.24. The highest BCUT2D eigenvalue weighted by molar-refractivity contribution is 6.05. The van der Waals surface area contributed by atoms with Crippen molar-refractivity contribution < 1.29 is 14.3 Å². The van der Waals surface area contributed by atoms with Crippen LogP contribution < -0.4 is 11.1 Å². The van der Waals surface area contributed by atoms with Crippen molar-refractivity contribution in [1.82, 2.24) is 5.32 Å². The average molecular weight is 314 g/mol. The number of fused-ring (bicyclic) bond motifs is 1. The van der Waals surface area contributed by atoms with Gasteiger partial charge in [-0.25, -0.2) is 4.79 Å². The number of hydrogen-bond acceptors (Lipinski definition) is 4. The van der Waals surface area contributed by atoms with Crippen molar-refractivity contribution in [2.45, 2.75) is 26.3 Å². The van der Waals surface area contributed by atoms with Gasteiger partial charge in [-0.1, -0.05) is 38.1 Å². The third-order valence-electron chi connectivity index (χ3n) is 3.66. The first-order valence-corrected chi connectivity index (χ1v) is 7.59. The van der Waals surface area contributed by atoms with Crippen molar-refractivity contribution >= 4 is 28.3 Å². The molecule has 0 spiro atoms. The molecule has 1 amide bonds. The zero-order valence-corrected chi connectivity index (χ0v) is 13.6.